The van der Waals surface area contributed by atoms with E-state index in [1.54, 1.807) is 7.11 Å². The second-order valence-electron chi connectivity index (χ2n) is 13.9. The Morgan fingerprint density at radius 1 is 0.558 bits per heavy atom. The summed E-state index contributed by atoms with van der Waals surface area (Å²) >= 11 is 0. The first-order valence-corrected chi connectivity index (χ1v) is 15.9. The average molecular weight is 575 g/mol. The summed E-state index contributed by atoms with van der Waals surface area (Å²) in [6.45, 7) is 7.32. The first-order chi connectivity index (χ1) is 20.8. The zero-order valence-corrected chi connectivity index (χ0v) is 26.2. The lowest BCUT2D eigenvalue weighted by Crippen LogP contribution is -2.41. The highest BCUT2D eigenvalue weighted by atomic mass is 16.5. The minimum absolute atomic E-state index is 0.0577. The fourth-order valence-electron chi connectivity index (χ4n) is 8.61. The van der Waals surface area contributed by atoms with Crippen LogP contribution in [0.3, 0.4) is 0 Å². The van der Waals surface area contributed by atoms with Crippen molar-refractivity contribution in [3.05, 3.63) is 119 Å². The summed E-state index contributed by atoms with van der Waals surface area (Å²) in [5, 5.41) is 21.5. The molecule has 0 saturated carbocycles. The zero-order chi connectivity index (χ0) is 30.3. The van der Waals surface area contributed by atoms with Crippen LogP contribution in [0, 0.1) is 10.8 Å². The number of aliphatic hydroxyl groups excluding tert-OH is 2. The highest BCUT2D eigenvalue weighted by Crippen LogP contribution is 2.61. The number of ether oxygens (including phenoxy) is 1. The minimum atomic E-state index is -0.416. The van der Waals surface area contributed by atoms with Crippen molar-refractivity contribution in [2.45, 2.75) is 63.7 Å². The van der Waals surface area contributed by atoms with Crippen molar-refractivity contribution in [2.24, 2.45) is 10.8 Å². The molecule has 3 nitrogen and oxygen atoms in total. The van der Waals surface area contributed by atoms with Gasteiger partial charge in [-0.3, -0.25) is 0 Å². The third-order valence-electron chi connectivity index (χ3n) is 10.9. The third-order valence-corrected chi connectivity index (χ3v) is 10.9. The number of methoxy groups -OCH3 is 1. The molecule has 2 aliphatic rings. The van der Waals surface area contributed by atoms with E-state index in [9.17, 15) is 10.2 Å². The Morgan fingerprint density at radius 2 is 0.884 bits per heavy atom. The van der Waals surface area contributed by atoms with Crippen molar-refractivity contribution in [2.75, 3.05) is 26.9 Å². The fraction of sp³-hybridized carbons (Fsp3) is 0.400. The Morgan fingerprint density at radius 3 is 1.19 bits per heavy atom. The molecule has 0 aliphatic heterocycles. The topological polar surface area (TPSA) is 49.7 Å². The molecule has 0 amide bonds. The summed E-state index contributed by atoms with van der Waals surface area (Å²) in [7, 11) is 1.74. The smallest absolute Gasteiger partial charge is 0.0538 e. The highest BCUT2D eigenvalue weighted by Gasteiger charge is 2.52. The molecule has 2 atom stereocenters. The molecule has 43 heavy (non-hydrogen) atoms. The lowest BCUT2D eigenvalue weighted by atomic mass is 9.59. The van der Waals surface area contributed by atoms with Crippen molar-refractivity contribution in [3.8, 4) is 22.3 Å². The van der Waals surface area contributed by atoms with E-state index >= 15 is 0 Å². The van der Waals surface area contributed by atoms with Crippen LogP contribution in [-0.2, 0) is 15.6 Å². The Bertz CT molecular complexity index is 1510. The van der Waals surface area contributed by atoms with E-state index < -0.39 is 5.41 Å². The summed E-state index contributed by atoms with van der Waals surface area (Å²) in [5.74, 6) is 0. The highest BCUT2D eigenvalue weighted by molar-refractivity contribution is 5.82. The van der Waals surface area contributed by atoms with Gasteiger partial charge in [-0.05, 0) is 82.0 Å². The van der Waals surface area contributed by atoms with Crippen molar-refractivity contribution in [1.82, 2.24) is 0 Å². The van der Waals surface area contributed by atoms with Crippen LogP contribution in [-0.4, -0.2) is 37.1 Å². The number of rotatable bonds is 12. The van der Waals surface area contributed by atoms with Crippen LogP contribution in [0.4, 0.5) is 0 Å². The van der Waals surface area contributed by atoms with Gasteiger partial charge in [0, 0.05) is 30.0 Å². The molecule has 0 bridgehead atoms. The number of benzene rings is 4. The van der Waals surface area contributed by atoms with E-state index in [0.717, 1.165) is 32.1 Å². The molecule has 2 N–H and O–H groups in total. The molecule has 224 valence electrons. The van der Waals surface area contributed by atoms with E-state index in [-0.39, 0.29) is 29.5 Å². The maximum Gasteiger partial charge on any atom is 0.0538 e. The molecule has 0 spiro atoms. The normalized spacial score (nSPS) is 18.2. The van der Waals surface area contributed by atoms with Gasteiger partial charge in [-0.15, -0.1) is 0 Å². The summed E-state index contributed by atoms with van der Waals surface area (Å²) in [5.41, 5.74) is 9.48. The molecule has 0 aromatic heterocycles. The van der Waals surface area contributed by atoms with Gasteiger partial charge in [-0.1, -0.05) is 118 Å². The molecule has 6 rings (SSSR count). The first-order valence-electron chi connectivity index (χ1n) is 15.9. The predicted molar refractivity (Wildman–Crippen MR) is 176 cm³/mol. The molecular formula is C40H46O3. The number of aliphatic hydroxyl groups is 2. The number of fused-ring (bicyclic) bond motifs is 6. The van der Waals surface area contributed by atoms with E-state index in [0.29, 0.717) is 6.61 Å². The number of hydrogen-bond donors (Lipinski definition) is 2. The van der Waals surface area contributed by atoms with Crippen LogP contribution >= 0.6 is 0 Å². The maximum atomic E-state index is 10.8. The molecule has 0 fully saturated rings. The Hall–Kier alpha value is -3.24. The molecule has 3 heteroatoms. The summed E-state index contributed by atoms with van der Waals surface area (Å²) in [4.78, 5) is 0. The lowest BCUT2D eigenvalue weighted by Gasteiger charge is -2.45. The SMILES string of the molecule is CCC(C)(CO)CC1(CCC2(CC(C)(CO)COC)c3ccccc3-c3ccccc32)c2ccccc2-c2ccccc21. The largest absolute Gasteiger partial charge is 0.396 e. The molecular weight excluding hydrogens is 528 g/mol. The first kappa shape index (κ1) is 29.8. The molecule has 4 aromatic carbocycles. The van der Waals surface area contributed by atoms with Gasteiger partial charge in [0.2, 0.25) is 0 Å². The van der Waals surface area contributed by atoms with Gasteiger partial charge in [0.25, 0.3) is 0 Å². The molecule has 0 heterocycles. The van der Waals surface area contributed by atoms with Gasteiger partial charge in [-0.2, -0.15) is 0 Å². The van der Waals surface area contributed by atoms with Crippen molar-refractivity contribution in [3.63, 3.8) is 0 Å². The quantitative estimate of drug-likeness (QED) is 0.178. The summed E-state index contributed by atoms with van der Waals surface area (Å²) < 4.78 is 5.73. The standard InChI is InChI=1S/C40H46O3/c1-5-37(2,26-41)24-39(33-18-10-6-14-29(33)30-15-7-11-19-34(30)39)22-23-40(25-38(3,27-42)28-43-4)35-20-12-8-16-31(35)32-17-9-13-21-36(32)40/h6-21,41-42H,5,22-28H2,1-4H3. The third kappa shape index (κ3) is 4.77. The van der Waals surface area contributed by atoms with Gasteiger partial charge >= 0.3 is 0 Å². The van der Waals surface area contributed by atoms with Gasteiger partial charge < -0.3 is 14.9 Å². The summed E-state index contributed by atoms with van der Waals surface area (Å²) in [6.07, 6.45) is 4.39. The lowest BCUT2D eigenvalue weighted by molar-refractivity contribution is 0.0215. The van der Waals surface area contributed by atoms with Crippen molar-refractivity contribution >= 4 is 0 Å². The Kier molecular flexibility index (Phi) is 7.87. The van der Waals surface area contributed by atoms with Gasteiger partial charge in [0.1, 0.15) is 0 Å². The Labute approximate surface area is 257 Å². The van der Waals surface area contributed by atoms with Crippen molar-refractivity contribution < 1.29 is 14.9 Å². The second-order valence-corrected chi connectivity index (χ2v) is 13.9. The predicted octanol–water partition coefficient (Wildman–Crippen LogP) is 8.53. The summed E-state index contributed by atoms with van der Waals surface area (Å²) in [6, 6.07) is 35.6. The van der Waals surface area contributed by atoms with E-state index in [1.807, 2.05) is 0 Å². The van der Waals surface area contributed by atoms with Gasteiger partial charge in [0.05, 0.1) is 13.2 Å². The van der Waals surface area contributed by atoms with Crippen molar-refractivity contribution in [1.29, 1.82) is 0 Å². The zero-order valence-electron chi connectivity index (χ0n) is 26.2. The van der Waals surface area contributed by atoms with Gasteiger partial charge in [-0.25, -0.2) is 0 Å². The van der Waals surface area contributed by atoms with Gasteiger partial charge in [0.15, 0.2) is 0 Å². The average Bonchev–Trinajstić information content (AvgIpc) is 3.48. The molecule has 4 aromatic rings. The second kappa shape index (κ2) is 11.4. The Balaban J connectivity index is 1.56. The van der Waals surface area contributed by atoms with Crippen LogP contribution in [0.25, 0.3) is 22.3 Å². The van der Waals surface area contributed by atoms with E-state index in [2.05, 4.69) is 118 Å². The van der Waals surface area contributed by atoms with Crippen LogP contribution < -0.4 is 0 Å². The van der Waals surface area contributed by atoms with Crippen LogP contribution in [0.5, 0.6) is 0 Å². The molecule has 0 saturated heterocycles. The van der Waals surface area contributed by atoms with Crippen LogP contribution in [0.15, 0.2) is 97.1 Å². The van der Waals surface area contributed by atoms with Crippen LogP contribution in [0.1, 0.15) is 75.1 Å². The number of hydrogen-bond acceptors (Lipinski definition) is 3. The van der Waals surface area contributed by atoms with E-state index in [1.165, 1.54) is 44.5 Å². The van der Waals surface area contributed by atoms with Crippen LogP contribution in [0.2, 0.25) is 0 Å². The minimum Gasteiger partial charge on any atom is -0.396 e. The maximum absolute atomic E-state index is 10.8. The fourth-order valence-corrected chi connectivity index (χ4v) is 8.61. The van der Waals surface area contributed by atoms with E-state index in [4.69, 9.17) is 4.74 Å². The molecule has 0 radical (unpaired) electrons. The molecule has 2 aliphatic carbocycles. The molecule has 2 unspecified atom stereocenters. The monoisotopic (exact) mass is 574 g/mol.